The van der Waals surface area contributed by atoms with E-state index in [1.165, 1.54) is 6.26 Å². The fraction of sp³-hybridized carbons (Fsp3) is 0.917. The number of halogens is 1. The van der Waals surface area contributed by atoms with Crippen LogP contribution in [0.4, 0.5) is 0 Å². The Morgan fingerprint density at radius 1 is 1.37 bits per heavy atom. The molecule has 7 heteroatoms. The lowest BCUT2D eigenvalue weighted by atomic mass is 10.00. The summed E-state index contributed by atoms with van der Waals surface area (Å²) in [6.45, 7) is 4.43. The number of piperidine rings is 1. The average molecular weight is 401 g/mol. The number of aliphatic imine (C=N–C) groups is 1. The predicted octanol–water partition coefficient (Wildman–Crippen LogP) is 1.23. The summed E-state index contributed by atoms with van der Waals surface area (Å²) in [6, 6.07) is 0. The van der Waals surface area contributed by atoms with Crippen molar-refractivity contribution >= 4 is 39.8 Å². The van der Waals surface area contributed by atoms with E-state index in [0.717, 1.165) is 44.7 Å². The van der Waals surface area contributed by atoms with Gasteiger partial charge in [-0.2, -0.15) is 0 Å². The van der Waals surface area contributed by atoms with Crippen LogP contribution in [0.3, 0.4) is 0 Å². The summed E-state index contributed by atoms with van der Waals surface area (Å²) in [5, 5.41) is 0. The molecular formula is C12H24IN3O2S. The average Bonchev–Trinajstić information content (AvgIpc) is 3.07. The van der Waals surface area contributed by atoms with Crippen molar-refractivity contribution in [2.75, 3.05) is 25.9 Å². The second-order valence-corrected chi connectivity index (χ2v) is 8.21. The monoisotopic (exact) mass is 401 g/mol. The van der Waals surface area contributed by atoms with Gasteiger partial charge < -0.3 is 10.6 Å². The molecule has 2 fully saturated rings. The first-order chi connectivity index (χ1) is 8.34. The molecule has 2 aliphatic rings. The molecule has 0 atom stereocenters. The molecule has 0 amide bonds. The van der Waals surface area contributed by atoms with Crippen LogP contribution in [0.1, 0.15) is 32.6 Å². The highest BCUT2D eigenvalue weighted by Gasteiger charge is 2.52. The van der Waals surface area contributed by atoms with Crippen LogP contribution in [0.15, 0.2) is 4.99 Å². The molecule has 2 rings (SSSR count). The number of hydrogen-bond acceptors (Lipinski definition) is 3. The summed E-state index contributed by atoms with van der Waals surface area (Å²) in [5.41, 5.74) is 5.95. The lowest BCUT2D eigenvalue weighted by molar-refractivity contribution is 0.277. The summed E-state index contributed by atoms with van der Waals surface area (Å²) in [7, 11) is -3.01. The highest BCUT2D eigenvalue weighted by atomic mass is 127. The van der Waals surface area contributed by atoms with Crippen molar-refractivity contribution in [1.82, 2.24) is 4.90 Å². The van der Waals surface area contributed by atoms with Crippen molar-refractivity contribution in [3.05, 3.63) is 0 Å². The number of nitrogens with zero attached hydrogens (tertiary/aromatic N) is 2. The number of hydrogen-bond donors (Lipinski definition) is 1. The zero-order valence-electron chi connectivity index (χ0n) is 11.6. The Kier molecular flexibility index (Phi) is 5.51. The van der Waals surface area contributed by atoms with Gasteiger partial charge in [-0.1, -0.05) is 6.92 Å². The van der Waals surface area contributed by atoms with Gasteiger partial charge in [-0.25, -0.2) is 8.42 Å². The van der Waals surface area contributed by atoms with Gasteiger partial charge in [0.25, 0.3) is 0 Å². The van der Waals surface area contributed by atoms with E-state index in [0.29, 0.717) is 12.5 Å². The molecule has 0 aromatic heterocycles. The van der Waals surface area contributed by atoms with Crippen LogP contribution in [0, 0.1) is 5.92 Å². The number of rotatable bonds is 3. The maximum atomic E-state index is 11.6. The first kappa shape index (κ1) is 17.0. The van der Waals surface area contributed by atoms with E-state index in [1.54, 1.807) is 0 Å². The molecule has 1 heterocycles. The van der Waals surface area contributed by atoms with Crippen molar-refractivity contribution in [3.8, 4) is 0 Å². The van der Waals surface area contributed by atoms with Crippen LogP contribution in [-0.4, -0.2) is 49.9 Å². The molecule has 5 nitrogen and oxygen atoms in total. The molecule has 0 aromatic rings. The minimum Gasteiger partial charge on any atom is -0.370 e. The normalized spacial score (nSPS) is 23.9. The second kappa shape index (κ2) is 6.15. The van der Waals surface area contributed by atoms with Crippen LogP contribution in [0.5, 0.6) is 0 Å². The quantitative estimate of drug-likeness (QED) is 0.439. The number of sulfone groups is 1. The van der Waals surface area contributed by atoms with Gasteiger partial charge in [0.05, 0.1) is 11.3 Å². The molecule has 2 N–H and O–H groups in total. The molecular weight excluding hydrogens is 377 g/mol. The Balaban J connectivity index is 0.00000180. The summed E-state index contributed by atoms with van der Waals surface area (Å²) in [4.78, 5) is 6.38. The molecule has 19 heavy (non-hydrogen) atoms. The SMILES string of the molecule is CC1CCN(C(N)=NCC2(S(C)(=O)=O)CC2)CC1.I. The van der Waals surface area contributed by atoms with Crippen LogP contribution in [0.2, 0.25) is 0 Å². The Morgan fingerprint density at radius 3 is 2.32 bits per heavy atom. The van der Waals surface area contributed by atoms with Crippen molar-refractivity contribution in [3.63, 3.8) is 0 Å². The van der Waals surface area contributed by atoms with Crippen LogP contribution >= 0.6 is 24.0 Å². The van der Waals surface area contributed by atoms with E-state index in [9.17, 15) is 8.42 Å². The molecule has 0 unspecified atom stereocenters. The Morgan fingerprint density at radius 2 is 1.89 bits per heavy atom. The number of guanidine groups is 1. The molecule has 1 aliphatic heterocycles. The molecule has 0 radical (unpaired) electrons. The van der Waals surface area contributed by atoms with Crippen molar-refractivity contribution in [2.24, 2.45) is 16.6 Å². The van der Waals surface area contributed by atoms with Crippen molar-refractivity contribution < 1.29 is 8.42 Å². The summed E-state index contributed by atoms with van der Waals surface area (Å²) in [6.07, 6.45) is 5.01. The molecule has 1 saturated carbocycles. The minimum absolute atomic E-state index is 0. The summed E-state index contributed by atoms with van der Waals surface area (Å²) >= 11 is 0. The second-order valence-electron chi connectivity index (χ2n) is 5.80. The number of likely N-dealkylation sites (tertiary alicyclic amines) is 1. The van der Waals surface area contributed by atoms with Crippen LogP contribution < -0.4 is 5.73 Å². The molecule has 112 valence electrons. The standard InChI is InChI=1S/C12H23N3O2S.HI/c1-10-3-7-15(8-4-10)11(13)14-9-12(5-6-12)18(2,16)17;/h10H,3-9H2,1-2H3,(H2,13,14);1H. The van der Waals surface area contributed by atoms with Crippen molar-refractivity contribution in [2.45, 2.75) is 37.4 Å². The smallest absolute Gasteiger partial charge is 0.191 e. The predicted molar refractivity (Wildman–Crippen MR) is 88.7 cm³/mol. The highest BCUT2D eigenvalue weighted by molar-refractivity contribution is 14.0. The highest BCUT2D eigenvalue weighted by Crippen LogP contribution is 2.43. The Bertz CT molecular complexity index is 438. The first-order valence-electron chi connectivity index (χ1n) is 6.58. The fourth-order valence-corrected chi connectivity index (χ4v) is 3.49. The Labute approximate surface area is 133 Å². The van der Waals surface area contributed by atoms with Gasteiger partial charge in [0.2, 0.25) is 0 Å². The topological polar surface area (TPSA) is 75.8 Å². The van der Waals surface area contributed by atoms with Gasteiger partial charge in [-0.15, -0.1) is 24.0 Å². The fourth-order valence-electron chi connectivity index (χ4n) is 2.35. The van der Waals surface area contributed by atoms with E-state index in [4.69, 9.17) is 5.73 Å². The molecule has 0 bridgehead atoms. The zero-order chi connectivity index (χ0) is 13.4. The molecule has 1 aliphatic carbocycles. The molecule has 0 spiro atoms. The van der Waals surface area contributed by atoms with Gasteiger partial charge in [-0.3, -0.25) is 4.99 Å². The number of nitrogens with two attached hydrogens (primary N) is 1. The molecule has 1 saturated heterocycles. The summed E-state index contributed by atoms with van der Waals surface area (Å²) < 4.78 is 22.6. The third-order valence-electron chi connectivity index (χ3n) is 4.23. The van der Waals surface area contributed by atoms with E-state index in [2.05, 4.69) is 16.8 Å². The minimum atomic E-state index is -3.01. The molecule has 0 aromatic carbocycles. The third kappa shape index (κ3) is 3.96. The van der Waals surface area contributed by atoms with Crippen molar-refractivity contribution in [1.29, 1.82) is 0 Å². The van der Waals surface area contributed by atoms with Gasteiger partial charge >= 0.3 is 0 Å². The Hall–Kier alpha value is -0.0500. The van der Waals surface area contributed by atoms with Gasteiger partial charge in [0.15, 0.2) is 15.8 Å². The zero-order valence-corrected chi connectivity index (χ0v) is 14.8. The summed E-state index contributed by atoms with van der Waals surface area (Å²) in [5.74, 6) is 1.26. The third-order valence-corrected chi connectivity index (χ3v) is 6.34. The van der Waals surface area contributed by atoms with Crippen LogP contribution in [0.25, 0.3) is 0 Å². The van der Waals surface area contributed by atoms with Gasteiger partial charge in [-0.05, 0) is 31.6 Å². The lowest BCUT2D eigenvalue weighted by Gasteiger charge is -2.31. The van der Waals surface area contributed by atoms with Crippen LogP contribution in [-0.2, 0) is 9.84 Å². The van der Waals surface area contributed by atoms with E-state index >= 15 is 0 Å². The maximum absolute atomic E-state index is 11.6. The van der Waals surface area contributed by atoms with E-state index in [-0.39, 0.29) is 24.0 Å². The van der Waals surface area contributed by atoms with Gasteiger partial charge in [0, 0.05) is 19.3 Å². The van der Waals surface area contributed by atoms with E-state index in [1.807, 2.05) is 0 Å². The lowest BCUT2D eigenvalue weighted by Crippen LogP contribution is -2.43. The first-order valence-corrected chi connectivity index (χ1v) is 8.48. The van der Waals surface area contributed by atoms with E-state index < -0.39 is 14.6 Å². The maximum Gasteiger partial charge on any atom is 0.191 e. The van der Waals surface area contributed by atoms with Gasteiger partial charge in [0.1, 0.15) is 0 Å². The largest absolute Gasteiger partial charge is 0.370 e.